The van der Waals surface area contributed by atoms with Crippen molar-refractivity contribution in [1.82, 2.24) is 4.31 Å². The van der Waals surface area contributed by atoms with E-state index in [2.05, 4.69) is 0 Å². The largest absolute Gasteiger partial charge is 0.392 e. The summed E-state index contributed by atoms with van der Waals surface area (Å²) >= 11 is 4.70. The van der Waals surface area contributed by atoms with Gasteiger partial charge in [0.25, 0.3) is 0 Å². The van der Waals surface area contributed by atoms with Crippen LogP contribution in [0.2, 0.25) is 0 Å². The molecule has 0 amide bonds. The number of hydrogen-bond acceptors (Lipinski definition) is 3. The maximum absolute atomic E-state index is 11.9. The molecule has 0 bridgehead atoms. The zero-order valence-corrected chi connectivity index (χ0v) is 10.1. The van der Waals surface area contributed by atoms with Gasteiger partial charge in [-0.15, -0.1) is 0 Å². The third-order valence-corrected chi connectivity index (χ3v) is 5.30. The number of rotatable bonds is 3. The molecular formula is C8H16N2O2S2. The highest BCUT2D eigenvalue weighted by atomic mass is 32.2. The number of thiocarbonyl (C=S) groups is 1. The third-order valence-electron chi connectivity index (χ3n) is 2.59. The lowest BCUT2D eigenvalue weighted by Crippen LogP contribution is -2.41. The molecule has 1 heterocycles. The summed E-state index contributed by atoms with van der Waals surface area (Å²) in [7, 11) is -3.30. The average Bonchev–Trinajstić information content (AvgIpc) is 2.50. The Bertz CT molecular complexity index is 326. The van der Waals surface area contributed by atoms with Crippen molar-refractivity contribution in [2.45, 2.75) is 25.5 Å². The van der Waals surface area contributed by atoms with Crippen LogP contribution in [0.4, 0.5) is 0 Å². The predicted molar refractivity (Wildman–Crippen MR) is 60.5 cm³/mol. The fourth-order valence-electron chi connectivity index (χ4n) is 1.50. The molecule has 1 fully saturated rings. The molecule has 0 aromatic carbocycles. The molecule has 14 heavy (non-hydrogen) atoms. The third kappa shape index (κ3) is 2.24. The fourth-order valence-corrected chi connectivity index (χ4v) is 3.42. The van der Waals surface area contributed by atoms with E-state index < -0.39 is 15.3 Å². The van der Waals surface area contributed by atoms with E-state index in [4.69, 9.17) is 18.0 Å². The molecule has 0 aromatic heterocycles. The van der Waals surface area contributed by atoms with Gasteiger partial charge in [-0.2, -0.15) is 0 Å². The van der Waals surface area contributed by atoms with E-state index in [-0.39, 0.29) is 4.99 Å². The Kier molecular flexibility index (Phi) is 3.49. The summed E-state index contributed by atoms with van der Waals surface area (Å²) in [5.41, 5.74) is 5.35. The maximum Gasteiger partial charge on any atom is 0.223 e. The van der Waals surface area contributed by atoms with Crippen LogP contribution in [0.1, 0.15) is 20.3 Å². The molecule has 2 N–H and O–H groups in total. The Morgan fingerprint density at radius 3 is 2.57 bits per heavy atom. The minimum atomic E-state index is -3.30. The lowest BCUT2D eigenvalue weighted by Gasteiger charge is -2.20. The molecule has 0 radical (unpaired) electrons. The van der Waals surface area contributed by atoms with Crippen molar-refractivity contribution in [3.05, 3.63) is 0 Å². The molecule has 0 aromatic rings. The monoisotopic (exact) mass is 236 g/mol. The molecule has 1 saturated heterocycles. The summed E-state index contributed by atoms with van der Waals surface area (Å²) in [5, 5.41) is -0.747. The Morgan fingerprint density at radius 2 is 2.21 bits per heavy atom. The van der Waals surface area contributed by atoms with Gasteiger partial charge in [0.2, 0.25) is 10.0 Å². The van der Waals surface area contributed by atoms with Crippen LogP contribution >= 0.6 is 12.2 Å². The van der Waals surface area contributed by atoms with Gasteiger partial charge in [-0.05, 0) is 19.3 Å². The first-order valence-electron chi connectivity index (χ1n) is 4.64. The number of sulfonamides is 1. The van der Waals surface area contributed by atoms with Gasteiger partial charge in [0.1, 0.15) is 5.25 Å². The van der Waals surface area contributed by atoms with Crippen LogP contribution in [0.15, 0.2) is 0 Å². The SMILES string of the molecule is CC1CCN(S(=O)(=O)C(C)C(N)=S)C1. The van der Waals surface area contributed by atoms with Crippen LogP contribution in [0.5, 0.6) is 0 Å². The first-order chi connectivity index (χ1) is 6.35. The molecule has 0 saturated carbocycles. The summed E-state index contributed by atoms with van der Waals surface area (Å²) in [6.45, 7) is 4.77. The van der Waals surface area contributed by atoms with E-state index in [1.165, 1.54) is 4.31 Å². The van der Waals surface area contributed by atoms with Gasteiger partial charge >= 0.3 is 0 Å². The molecule has 0 spiro atoms. The van der Waals surface area contributed by atoms with Crippen LogP contribution in [0, 0.1) is 5.92 Å². The molecule has 2 atom stereocenters. The summed E-state index contributed by atoms with van der Waals surface area (Å²) in [4.78, 5) is 0.0459. The van der Waals surface area contributed by atoms with Crippen LogP contribution in [-0.4, -0.2) is 36.1 Å². The molecule has 2 unspecified atom stereocenters. The smallest absolute Gasteiger partial charge is 0.223 e. The van der Waals surface area contributed by atoms with Gasteiger partial charge in [-0.1, -0.05) is 19.1 Å². The minimum absolute atomic E-state index is 0.0459. The molecular weight excluding hydrogens is 220 g/mol. The quantitative estimate of drug-likeness (QED) is 0.717. The topological polar surface area (TPSA) is 63.4 Å². The summed E-state index contributed by atoms with van der Waals surface area (Å²) < 4.78 is 25.2. The lowest BCUT2D eigenvalue weighted by molar-refractivity contribution is 0.462. The molecule has 1 rings (SSSR count). The van der Waals surface area contributed by atoms with Crippen LogP contribution < -0.4 is 5.73 Å². The molecule has 1 aliphatic rings. The highest BCUT2D eigenvalue weighted by molar-refractivity contribution is 7.92. The second-order valence-electron chi connectivity index (χ2n) is 3.84. The average molecular weight is 236 g/mol. The molecule has 4 nitrogen and oxygen atoms in total. The summed E-state index contributed by atoms with van der Waals surface area (Å²) in [5.74, 6) is 0.434. The van der Waals surface area contributed by atoms with Gasteiger partial charge in [0.15, 0.2) is 0 Å². The van der Waals surface area contributed by atoms with E-state index in [9.17, 15) is 8.42 Å². The first kappa shape index (κ1) is 11.9. The van der Waals surface area contributed by atoms with Crippen molar-refractivity contribution in [2.24, 2.45) is 11.7 Å². The van der Waals surface area contributed by atoms with Crippen molar-refractivity contribution in [1.29, 1.82) is 0 Å². The van der Waals surface area contributed by atoms with E-state index in [1.807, 2.05) is 6.92 Å². The highest BCUT2D eigenvalue weighted by Crippen LogP contribution is 2.21. The Hall–Kier alpha value is -0.200. The van der Waals surface area contributed by atoms with E-state index in [0.29, 0.717) is 19.0 Å². The summed E-state index contributed by atoms with van der Waals surface area (Å²) in [6, 6.07) is 0. The Morgan fingerprint density at radius 1 is 1.64 bits per heavy atom. The molecule has 6 heteroatoms. The zero-order valence-electron chi connectivity index (χ0n) is 8.43. The Labute approximate surface area is 90.5 Å². The van der Waals surface area contributed by atoms with Gasteiger partial charge < -0.3 is 5.73 Å². The van der Waals surface area contributed by atoms with Gasteiger partial charge in [-0.3, -0.25) is 0 Å². The first-order valence-corrected chi connectivity index (χ1v) is 6.55. The fraction of sp³-hybridized carbons (Fsp3) is 0.875. The minimum Gasteiger partial charge on any atom is -0.392 e. The number of nitrogens with zero attached hydrogens (tertiary/aromatic N) is 1. The molecule has 0 aliphatic carbocycles. The highest BCUT2D eigenvalue weighted by Gasteiger charge is 2.34. The Balaban J connectivity index is 2.81. The van der Waals surface area contributed by atoms with E-state index in [0.717, 1.165) is 6.42 Å². The predicted octanol–water partition coefficient (Wildman–Crippen LogP) is 0.333. The van der Waals surface area contributed by atoms with Gasteiger partial charge in [-0.25, -0.2) is 12.7 Å². The van der Waals surface area contributed by atoms with Crippen LogP contribution in [0.25, 0.3) is 0 Å². The zero-order chi connectivity index (χ0) is 10.9. The number of hydrogen-bond donors (Lipinski definition) is 1. The van der Waals surface area contributed by atoms with Crippen LogP contribution in [-0.2, 0) is 10.0 Å². The van der Waals surface area contributed by atoms with E-state index >= 15 is 0 Å². The van der Waals surface area contributed by atoms with E-state index in [1.54, 1.807) is 6.92 Å². The van der Waals surface area contributed by atoms with Crippen molar-refractivity contribution >= 4 is 27.2 Å². The standard InChI is InChI=1S/C8H16N2O2S2/c1-6-3-4-10(5-6)14(11,12)7(2)8(9)13/h6-7H,3-5H2,1-2H3,(H2,9,13). The van der Waals surface area contributed by atoms with Crippen LogP contribution in [0.3, 0.4) is 0 Å². The summed E-state index contributed by atoms with van der Waals surface area (Å²) in [6.07, 6.45) is 0.920. The van der Waals surface area contributed by atoms with Gasteiger partial charge in [0, 0.05) is 13.1 Å². The van der Waals surface area contributed by atoms with Crippen molar-refractivity contribution < 1.29 is 8.42 Å². The van der Waals surface area contributed by atoms with Gasteiger partial charge in [0.05, 0.1) is 4.99 Å². The van der Waals surface area contributed by atoms with Crippen molar-refractivity contribution in [2.75, 3.05) is 13.1 Å². The maximum atomic E-state index is 11.9. The van der Waals surface area contributed by atoms with Crippen molar-refractivity contribution in [3.63, 3.8) is 0 Å². The normalized spacial score (nSPS) is 26.3. The lowest BCUT2D eigenvalue weighted by atomic mass is 10.2. The number of nitrogens with two attached hydrogens (primary N) is 1. The molecule has 1 aliphatic heterocycles. The molecule has 82 valence electrons. The van der Waals surface area contributed by atoms with Crippen molar-refractivity contribution in [3.8, 4) is 0 Å². The second kappa shape index (κ2) is 4.12. The second-order valence-corrected chi connectivity index (χ2v) is 6.57.